The second kappa shape index (κ2) is 7.66. The standard InChI is InChI=1S/C19H20N2O4S2/c1-4-25-14-7-10-16-17(11-14)26-19(21(16)3)20-18(22)12-27(23,24)15-8-5-13(2)6-9-15/h5-11H,4,12H2,1-3H3. The molecular formula is C19H20N2O4S2. The lowest BCUT2D eigenvalue weighted by atomic mass is 10.2. The molecule has 0 atom stereocenters. The van der Waals surface area contributed by atoms with Crippen molar-refractivity contribution in [3.05, 3.63) is 52.8 Å². The molecule has 0 fully saturated rings. The molecule has 0 saturated heterocycles. The molecule has 1 amide bonds. The molecule has 0 aliphatic carbocycles. The minimum absolute atomic E-state index is 0.124. The van der Waals surface area contributed by atoms with E-state index in [1.807, 2.05) is 32.0 Å². The number of ether oxygens (including phenoxy) is 1. The zero-order valence-corrected chi connectivity index (χ0v) is 16.9. The van der Waals surface area contributed by atoms with Crippen molar-refractivity contribution in [2.75, 3.05) is 12.4 Å². The molecule has 1 heterocycles. The van der Waals surface area contributed by atoms with E-state index in [1.165, 1.54) is 23.5 Å². The maximum atomic E-state index is 12.4. The van der Waals surface area contributed by atoms with Crippen molar-refractivity contribution in [1.82, 2.24) is 4.57 Å². The molecule has 0 aliphatic rings. The Morgan fingerprint density at radius 2 is 1.89 bits per heavy atom. The maximum absolute atomic E-state index is 12.4. The first kappa shape index (κ1) is 19.3. The van der Waals surface area contributed by atoms with Crippen LogP contribution in [0.3, 0.4) is 0 Å². The third-order valence-corrected chi connectivity index (χ3v) is 6.72. The number of sulfone groups is 1. The topological polar surface area (TPSA) is 77.7 Å². The van der Waals surface area contributed by atoms with Crippen LogP contribution in [0.1, 0.15) is 12.5 Å². The molecule has 3 aromatic rings. The van der Waals surface area contributed by atoms with E-state index in [1.54, 1.807) is 23.7 Å². The van der Waals surface area contributed by atoms with E-state index in [4.69, 9.17) is 4.74 Å². The van der Waals surface area contributed by atoms with E-state index in [0.29, 0.717) is 11.4 Å². The summed E-state index contributed by atoms with van der Waals surface area (Å²) in [5.41, 5.74) is 1.85. The Morgan fingerprint density at radius 3 is 2.56 bits per heavy atom. The maximum Gasteiger partial charge on any atom is 0.263 e. The molecule has 0 saturated carbocycles. The molecule has 142 valence electrons. The Bertz CT molecular complexity index is 1160. The minimum Gasteiger partial charge on any atom is -0.494 e. The van der Waals surface area contributed by atoms with Crippen LogP contribution in [0.25, 0.3) is 10.2 Å². The van der Waals surface area contributed by atoms with E-state index in [2.05, 4.69) is 4.99 Å². The highest BCUT2D eigenvalue weighted by atomic mass is 32.2. The number of hydrogen-bond donors (Lipinski definition) is 0. The van der Waals surface area contributed by atoms with Crippen LogP contribution in [0, 0.1) is 6.92 Å². The van der Waals surface area contributed by atoms with E-state index in [0.717, 1.165) is 21.5 Å². The molecule has 3 rings (SSSR count). The molecule has 0 spiro atoms. The molecule has 0 unspecified atom stereocenters. The van der Waals surface area contributed by atoms with Gasteiger partial charge >= 0.3 is 0 Å². The molecule has 0 bridgehead atoms. The first-order valence-electron chi connectivity index (χ1n) is 8.39. The Kier molecular flexibility index (Phi) is 5.48. The lowest BCUT2D eigenvalue weighted by molar-refractivity contribution is -0.115. The number of amides is 1. The van der Waals surface area contributed by atoms with Crippen molar-refractivity contribution in [1.29, 1.82) is 0 Å². The fourth-order valence-corrected chi connectivity index (χ4v) is 4.78. The SMILES string of the molecule is CCOc1ccc2c(c1)sc(=NC(=O)CS(=O)(=O)c1ccc(C)cc1)n2C. The number of fused-ring (bicyclic) bond motifs is 1. The van der Waals surface area contributed by atoms with Gasteiger partial charge in [-0.25, -0.2) is 8.42 Å². The molecule has 1 aromatic heterocycles. The molecule has 0 N–H and O–H groups in total. The summed E-state index contributed by atoms with van der Waals surface area (Å²) in [4.78, 5) is 16.9. The van der Waals surface area contributed by atoms with Gasteiger partial charge in [0, 0.05) is 7.05 Å². The highest BCUT2D eigenvalue weighted by Gasteiger charge is 2.19. The highest BCUT2D eigenvalue weighted by molar-refractivity contribution is 7.92. The van der Waals surface area contributed by atoms with Crippen LogP contribution in [0.5, 0.6) is 5.75 Å². The van der Waals surface area contributed by atoms with Crippen LogP contribution in [-0.2, 0) is 21.7 Å². The molecule has 0 radical (unpaired) electrons. The Hall–Kier alpha value is -2.45. The first-order chi connectivity index (χ1) is 12.8. The van der Waals surface area contributed by atoms with Crippen molar-refractivity contribution in [3.8, 4) is 5.75 Å². The van der Waals surface area contributed by atoms with Gasteiger partial charge in [-0.1, -0.05) is 29.0 Å². The predicted molar refractivity (Wildman–Crippen MR) is 106 cm³/mol. The van der Waals surface area contributed by atoms with Crippen LogP contribution in [0.15, 0.2) is 52.4 Å². The van der Waals surface area contributed by atoms with E-state index < -0.39 is 21.5 Å². The Morgan fingerprint density at radius 1 is 1.19 bits per heavy atom. The lowest BCUT2D eigenvalue weighted by Gasteiger charge is -2.02. The number of benzene rings is 2. The largest absolute Gasteiger partial charge is 0.494 e. The Balaban J connectivity index is 1.90. The predicted octanol–water partition coefficient (Wildman–Crippen LogP) is 2.85. The van der Waals surface area contributed by atoms with Gasteiger partial charge in [0.05, 0.1) is 21.7 Å². The molecule has 2 aromatic carbocycles. The average molecular weight is 405 g/mol. The third kappa shape index (κ3) is 4.28. The first-order valence-corrected chi connectivity index (χ1v) is 10.9. The smallest absolute Gasteiger partial charge is 0.263 e. The second-order valence-electron chi connectivity index (χ2n) is 6.08. The summed E-state index contributed by atoms with van der Waals surface area (Å²) >= 11 is 1.32. The van der Waals surface area contributed by atoms with Crippen molar-refractivity contribution in [2.45, 2.75) is 18.7 Å². The monoisotopic (exact) mass is 404 g/mol. The number of carbonyl (C=O) groups is 1. The molecule has 0 aliphatic heterocycles. The third-order valence-electron chi connectivity index (χ3n) is 4.01. The highest BCUT2D eigenvalue weighted by Crippen LogP contribution is 2.22. The molecule has 8 heteroatoms. The summed E-state index contributed by atoms with van der Waals surface area (Å²) < 4.78 is 33.0. The van der Waals surface area contributed by atoms with Crippen molar-refractivity contribution in [3.63, 3.8) is 0 Å². The molecular weight excluding hydrogens is 384 g/mol. The Labute approximate surface area is 161 Å². The van der Waals surface area contributed by atoms with E-state index >= 15 is 0 Å². The van der Waals surface area contributed by atoms with Gasteiger partial charge in [0.25, 0.3) is 5.91 Å². The van der Waals surface area contributed by atoms with Gasteiger partial charge in [0.15, 0.2) is 14.6 Å². The minimum atomic E-state index is -3.72. The lowest BCUT2D eigenvalue weighted by Crippen LogP contribution is -2.19. The average Bonchev–Trinajstić information content (AvgIpc) is 2.90. The summed E-state index contributed by atoms with van der Waals surface area (Å²) in [6, 6.07) is 12.1. The van der Waals surface area contributed by atoms with Crippen LogP contribution >= 0.6 is 11.3 Å². The molecule has 27 heavy (non-hydrogen) atoms. The number of hydrogen-bond acceptors (Lipinski definition) is 5. The summed E-state index contributed by atoms with van der Waals surface area (Å²) in [5, 5.41) is 0. The quantitative estimate of drug-likeness (QED) is 0.655. The van der Waals surface area contributed by atoms with Gasteiger partial charge in [-0.2, -0.15) is 4.99 Å². The van der Waals surface area contributed by atoms with Gasteiger partial charge in [0.2, 0.25) is 0 Å². The normalized spacial score (nSPS) is 12.5. The van der Waals surface area contributed by atoms with Gasteiger partial charge in [-0.05, 0) is 44.2 Å². The van der Waals surface area contributed by atoms with Crippen molar-refractivity contribution in [2.24, 2.45) is 12.0 Å². The number of carbonyl (C=O) groups excluding carboxylic acids is 1. The summed E-state index contributed by atoms with van der Waals surface area (Å²) in [7, 11) is -1.93. The van der Waals surface area contributed by atoms with Crippen LogP contribution in [-0.4, -0.2) is 31.3 Å². The second-order valence-corrected chi connectivity index (χ2v) is 9.08. The zero-order chi connectivity index (χ0) is 19.6. The van der Waals surface area contributed by atoms with Crippen LogP contribution in [0.2, 0.25) is 0 Å². The van der Waals surface area contributed by atoms with E-state index in [9.17, 15) is 13.2 Å². The molecule has 6 nitrogen and oxygen atoms in total. The summed E-state index contributed by atoms with van der Waals surface area (Å²) in [5.74, 6) is -0.608. The fourth-order valence-electron chi connectivity index (χ4n) is 2.61. The van der Waals surface area contributed by atoms with Gasteiger partial charge in [-0.3, -0.25) is 4.79 Å². The number of nitrogens with zero attached hydrogens (tertiary/aromatic N) is 2. The van der Waals surface area contributed by atoms with Gasteiger partial charge in [0.1, 0.15) is 11.5 Å². The fraction of sp³-hybridized carbons (Fsp3) is 0.263. The van der Waals surface area contributed by atoms with E-state index in [-0.39, 0.29) is 4.90 Å². The number of aromatic nitrogens is 1. The number of aryl methyl sites for hydroxylation is 2. The van der Waals surface area contributed by atoms with Crippen molar-refractivity contribution >= 4 is 37.3 Å². The van der Waals surface area contributed by atoms with Crippen LogP contribution in [0.4, 0.5) is 0 Å². The van der Waals surface area contributed by atoms with Crippen molar-refractivity contribution < 1.29 is 17.9 Å². The summed E-state index contributed by atoms with van der Waals surface area (Å²) in [6.45, 7) is 4.34. The van der Waals surface area contributed by atoms with Gasteiger partial charge in [-0.15, -0.1) is 0 Å². The van der Waals surface area contributed by atoms with Gasteiger partial charge < -0.3 is 9.30 Å². The van der Waals surface area contributed by atoms with Crippen LogP contribution < -0.4 is 9.54 Å². The zero-order valence-electron chi connectivity index (χ0n) is 15.3. The number of thiazole rings is 1. The summed E-state index contributed by atoms with van der Waals surface area (Å²) in [6.07, 6.45) is 0. The number of rotatable bonds is 5.